The van der Waals surface area contributed by atoms with Crippen molar-refractivity contribution in [1.29, 1.82) is 0 Å². The summed E-state index contributed by atoms with van der Waals surface area (Å²) >= 11 is 3.38. The number of rotatable bonds is 4. The van der Waals surface area contributed by atoms with E-state index in [2.05, 4.69) is 20.9 Å². The van der Waals surface area contributed by atoms with Crippen LogP contribution >= 0.6 is 15.9 Å². The molecule has 0 saturated heterocycles. The number of halogens is 2. The zero-order chi connectivity index (χ0) is 14.0. The van der Waals surface area contributed by atoms with Crippen LogP contribution in [-0.4, -0.2) is 9.55 Å². The Labute approximate surface area is 119 Å². The molecule has 0 aliphatic rings. The molecule has 0 radical (unpaired) electrons. The second kappa shape index (κ2) is 5.71. The molecule has 0 aliphatic carbocycles. The molecule has 0 amide bonds. The van der Waals surface area contributed by atoms with Crippen LogP contribution in [0.2, 0.25) is 0 Å². The summed E-state index contributed by atoms with van der Waals surface area (Å²) in [6.07, 6.45) is 0. The first-order chi connectivity index (χ1) is 9.02. The molecule has 1 atom stereocenters. The molecule has 19 heavy (non-hydrogen) atoms. The maximum Gasteiger partial charge on any atom is 0.303 e. The molecular formula is C13H15BrFN3O. The van der Waals surface area contributed by atoms with Crippen LogP contribution in [0.5, 0.6) is 11.8 Å². The highest BCUT2D eigenvalue weighted by Crippen LogP contribution is 2.30. The number of nitrogens with zero attached hydrogens (tertiary/aromatic N) is 2. The molecule has 2 N–H and O–H groups in total. The Morgan fingerprint density at radius 3 is 2.58 bits per heavy atom. The van der Waals surface area contributed by atoms with Crippen molar-refractivity contribution in [1.82, 2.24) is 9.55 Å². The van der Waals surface area contributed by atoms with E-state index in [4.69, 9.17) is 10.5 Å². The second-order valence-corrected chi connectivity index (χ2v) is 4.91. The Balaban J connectivity index is 2.35. The van der Waals surface area contributed by atoms with Crippen LogP contribution in [0.15, 0.2) is 28.9 Å². The van der Waals surface area contributed by atoms with Gasteiger partial charge in [-0.15, -0.1) is 0 Å². The fourth-order valence-corrected chi connectivity index (χ4v) is 2.57. The van der Waals surface area contributed by atoms with Gasteiger partial charge in [-0.3, -0.25) is 4.57 Å². The molecule has 2 rings (SSSR count). The number of nitrogens with two attached hydrogens (primary N) is 1. The highest BCUT2D eigenvalue weighted by Gasteiger charge is 2.18. The highest BCUT2D eigenvalue weighted by molar-refractivity contribution is 9.10. The molecule has 1 unspecified atom stereocenters. The van der Waals surface area contributed by atoms with Crippen molar-refractivity contribution >= 4 is 15.9 Å². The second-order valence-electron chi connectivity index (χ2n) is 4.16. The summed E-state index contributed by atoms with van der Waals surface area (Å²) in [4.78, 5) is 4.30. The van der Waals surface area contributed by atoms with E-state index < -0.39 is 0 Å². The van der Waals surface area contributed by atoms with Gasteiger partial charge < -0.3 is 10.5 Å². The molecule has 1 aromatic heterocycles. The maximum absolute atomic E-state index is 12.8. The van der Waals surface area contributed by atoms with E-state index in [0.29, 0.717) is 22.9 Å². The van der Waals surface area contributed by atoms with E-state index in [1.807, 2.05) is 18.4 Å². The van der Waals surface area contributed by atoms with Gasteiger partial charge in [0.1, 0.15) is 16.2 Å². The third-order valence-electron chi connectivity index (χ3n) is 2.70. The lowest BCUT2D eigenvalue weighted by molar-refractivity contribution is 0.408. The Morgan fingerprint density at radius 1 is 1.42 bits per heavy atom. The van der Waals surface area contributed by atoms with Crippen LogP contribution in [0.3, 0.4) is 0 Å². The largest absolute Gasteiger partial charge is 0.425 e. The molecule has 2 aromatic rings. The summed E-state index contributed by atoms with van der Waals surface area (Å²) < 4.78 is 21.1. The van der Waals surface area contributed by atoms with Crippen LogP contribution in [0.1, 0.15) is 25.6 Å². The first-order valence-electron chi connectivity index (χ1n) is 5.97. The Bertz CT molecular complexity index is 566. The minimum atomic E-state index is -0.302. The van der Waals surface area contributed by atoms with Crippen LogP contribution in [0, 0.1) is 5.82 Å². The fraction of sp³-hybridized carbons (Fsp3) is 0.308. The van der Waals surface area contributed by atoms with Crippen LogP contribution in [0.25, 0.3) is 0 Å². The summed E-state index contributed by atoms with van der Waals surface area (Å²) in [6, 6.07) is 6.08. The zero-order valence-electron chi connectivity index (χ0n) is 10.7. The first kappa shape index (κ1) is 14.0. The van der Waals surface area contributed by atoms with Gasteiger partial charge in [-0.25, -0.2) is 4.39 Å². The van der Waals surface area contributed by atoms with Crippen LogP contribution < -0.4 is 10.5 Å². The Morgan fingerprint density at radius 2 is 2.05 bits per heavy atom. The van der Waals surface area contributed by atoms with Crippen molar-refractivity contribution in [3.63, 3.8) is 0 Å². The van der Waals surface area contributed by atoms with Crippen molar-refractivity contribution in [3.05, 3.63) is 40.4 Å². The number of aromatic nitrogens is 2. The predicted octanol–water partition coefficient (Wildman–Crippen LogP) is 3.62. The maximum atomic E-state index is 12.8. The zero-order valence-corrected chi connectivity index (χ0v) is 12.3. The van der Waals surface area contributed by atoms with E-state index in [-0.39, 0.29) is 11.9 Å². The number of benzene rings is 1. The Hall–Kier alpha value is -1.40. The normalized spacial score (nSPS) is 12.5. The molecule has 0 fully saturated rings. The lowest BCUT2D eigenvalue weighted by Gasteiger charge is -2.12. The molecule has 4 nitrogen and oxygen atoms in total. The molecule has 0 aliphatic heterocycles. The lowest BCUT2D eigenvalue weighted by atomic mass is 10.3. The van der Waals surface area contributed by atoms with E-state index in [9.17, 15) is 4.39 Å². The monoisotopic (exact) mass is 327 g/mol. The van der Waals surface area contributed by atoms with Crippen molar-refractivity contribution in [3.8, 4) is 11.8 Å². The summed E-state index contributed by atoms with van der Waals surface area (Å²) in [7, 11) is 0. The number of imidazole rings is 1. The van der Waals surface area contributed by atoms with Gasteiger partial charge in [0.25, 0.3) is 0 Å². The molecular weight excluding hydrogens is 313 g/mol. The van der Waals surface area contributed by atoms with Gasteiger partial charge in [-0.2, -0.15) is 4.98 Å². The van der Waals surface area contributed by atoms with Gasteiger partial charge in [-0.05, 0) is 54.0 Å². The third-order valence-corrected chi connectivity index (χ3v) is 3.28. The summed E-state index contributed by atoms with van der Waals surface area (Å²) in [5, 5.41) is 0. The lowest BCUT2D eigenvalue weighted by Crippen LogP contribution is -2.12. The molecule has 6 heteroatoms. The summed E-state index contributed by atoms with van der Waals surface area (Å²) in [6.45, 7) is 4.55. The van der Waals surface area contributed by atoms with Gasteiger partial charge in [0.2, 0.25) is 0 Å². The quantitative estimate of drug-likeness (QED) is 0.933. The van der Waals surface area contributed by atoms with Gasteiger partial charge in [0, 0.05) is 12.6 Å². The molecule has 1 heterocycles. The summed E-state index contributed by atoms with van der Waals surface area (Å²) in [5.74, 6) is 0.230. The molecule has 0 saturated carbocycles. The van der Waals surface area contributed by atoms with Crippen molar-refractivity contribution < 1.29 is 9.13 Å². The minimum absolute atomic E-state index is 0.160. The van der Waals surface area contributed by atoms with Gasteiger partial charge in [0.05, 0.1) is 5.69 Å². The fourth-order valence-electron chi connectivity index (χ4n) is 1.84. The minimum Gasteiger partial charge on any atom is -0.425 e. The predicted molar refractivity (Wildman–Crippen MR) is 74.7 cm³/mol. The van der Waals surface area contributed by atoms with E-state index >= 15 is 0 Å². The van der Waals surface area contributed by atoms with Gasteiger partial charge in [-0.1, -0.05) is 0 Å². The first-order valence-corrected chi connectivity index (χ1v) is 6.77. The van der Waals surface area contributed by atoms with Crippen LogP contribution in [0.4, 0.5) is 4.39 Å². The van der Waals surface area contributed by atoms with Gasteiger partial charge in [0.15, 0.2) is 0 Å². The number of hydrogen-bond donors (Lipinski definition) is 1. The summed E-state index contributed by atoms with van der Waals surface area (Å²) in [5.41, 5.74) is 6.80. The van der Waals surface area contributed by atoms with E-state index in [1.54, 1.807) is 12.1 Å². The smallest absolute Gasteiger partial charge is 0.303 e. The third kappa shape index (κ3) is 2.96. The molecule has 1 aromatic carbocycles. The van der Waals surface area contributed by atoms with Crippen molar-refractivity contribution in [2.75, 3.05) is 0 Å². The topological polar surface area (TPSA) is 53.1 Å². The number of ether oxygens (including phenoxy) is 1. The van der Waals surface area contributed by atoms with Crippen molar-refractivity contribution in [2.45, 2.75) is 26.4 Å². The SMILES string of the molecule is CCn1c(Oc2ccc(F)cc2)nc(Br)c1C(C)N. The van der Waals surface area contributed by atoms with E-state index in [0.717, 1.165) is 5.69 Å². The molecule has 0 spiro atoms. The van der Waals surface area contributed by atoms with Crippen LogP contribution in [-0.2, 0) is 6.54 Å². The Kier molecular flexibility index (Phi) is 4.21. The van der Waals surface area contributed by atoms with E-state index in [1.165, 1.54) is 12.1 Å². The standard InChI is InChI=1S/C13H15BrFN3O/c1-3-18-11(8(2)16)12(14)17-13(18)19-10-6-4-9(15)5-7-10/h4-8H,3,16H2,1-2H3. The average Bonchev–Trinajstić information content (AvgIpc) is 2.68. The molecule has 102 valence electrons. The average molecular weight is 328 g/mol. The van der Waals surface area contributed by atoms with Crippen molar-refractivity contribution in [2.24, 2.45) is 5.73 Å². The highest BCUT2D eigenvalue weighted by atomic mass is 79.9. The molecule has 0 bridgehead atoms. The number of hydrogen-bond acceptors (Lipinski definition) is 3. The van der Waals surface area contributed by atoms with Gasteiger partial charge >= 0.3 is 6.01 Å².